The molecular formula is C7H7N7O3. The number of hydrogen-bond acceptors (Lipinski definition) is 6. The van der Waals surface area contributed by atoms with Gasteiger partial charge in [0.15, 0.2) is 0 Å². The molecule has 0 aliphatic heterocycles. The zero-order valence-electron chi connectivity index (χ0n) is 8.36. The number of carboxylic acids is 1. The number of rotatable bonds is 4. The van der Waals surface area contributed by atoms with Gasteiger partial charge in [-0.25, -0.2) is 0 Å². The van der Waals surface area contributed by atoms with Crippen molar-refractivity contribution >= 4 is 17.6 Å². The number of aromatic nitrogens is 6. The summed E-state index contributed by atoms with van der Waals surface area (Å²) in [6, 6.07) is 0. The summed E-state index contributed by atoms with van der Waals surface area (Å²) in [5, 5.41) is 27.1. The van der Waals surface area contributed by atoms with Gasteiger partial charge in [0.1, 0.15) is 6.54 Å². The number of nitrogens with zero attached hydrogens (tertiary/aromatic N) is 5. The Bertz CT molecular complexity index is 531. The SMILES string of the molecule is O=C(O)Cn1cc(NC(=O)c2nn[nH]n2)cn1. The zero-order chi connectivity index (χ0) is 12.3. The van der Waals surface area contributed by atoms with Gasteiger partial charge < -0.3 is 10.4 Å². The average Bonchev–Trinajstić information content (AvgIpc) is 2.87. The molecule has 0 saturated carbocycles. The first kappa shape index (κ1) is 10.7. The van der Waals surface area contributed by atoms with Gasteiger partial charge in [-0.1, -0.05) is 0 Å². The van der Waals surface area contributed by atoms with Gasteiger partial charge >= 0.3 is 5.97 Å². The van der Waals surface area contributed by atoms with Gasteiger partial charge in [-0.05, 0) is 5.21 Å². The van der Waals surface area contributed by atoms with Crippen molar-refractivity contribution in [2.24, 2.45) is 0 Å². The average molecular weight is 237 g/mol. The number of aliphatic carboxylic acids is 1. The summed E-state index contributed by atoms with van der Waals surface area (Å²) in [5.41, 5.74) is 0.348. The van der Waals surface area contributed by atoms with Crippen molar-refractivity contribution in [3.63, 3.8) is 0 Å². The van der Waals surface area contributed by atoms with Crippen molar-refractivity contribution in [3.05, 3.63) is 18.2 Å². The van der Waals surface area contributed by atoms with Gasteiger partial charge in [-0.15, -0.1) is 10.2 Å². The fourth-order valence-corrected chi connectivity index (χ4v) is 1.10. The van der Waals surface area contributed by atoms with Crippen LogP contribution in [0.5, 0.6) is 0 Å². The molecule has 0 unspecified atom stereocenters. The minimum atomic E-state index is -1.02. The molecule has 3 N–H and O–H groups in total. The van der Waals surface area contributed by atoms with Crippen LogP contribution in [0.4, 0.5) is 5.69 Å². The minimum Gasteiger partial charge on any atom is -0.480 e. The second-order valence-electron chi connectivity index (χ2n) is 3.01. The minimum absolute atomic E-state index is 0.115. The smallest absolute Gasteiger partial charge is 0.325 e. The third-order valence-electron chi connectivity index (χ3n) is 1.74. The molecule has 0 radical (unpaired) electrons. The summed E-state index contributed by atoms with van der Waals surface area (Å²) < 4.78 is 1.17. The molecule has 2 aromatic heterocycles. The lowest BCUT2D eigenvalue weighted by Gasteiger charge is -1.96. The van der Waals surface area contributed by atoms with Gasteiger partial charge in [0.2, 0.25) is 0 Å². The van der Waals surface area contributed by atoms with Crippen LogP contribution in [-0.4, -0.2) is 47.4 Å². The Labute approximate surface area is 93.6 Å². The van der Waals surface area contributed by atoms with Crippen molar-refractivity contribution in [1.29, 1.82) is 0 Å². The van der Waals surface area contributed by atoms with E-state index in [1.165, 1.54) is 17.1 Å². The Morgan fingerprint density at radius 2 is 2.35 bits per heavy atom. The van der Waals surface area contributed by atoms with Crippen LogP contribution >= 0.6 is 0 Å². The maximum Gasteiger partial charge on any atom is 0.325 e. The number of hydrogen-bond donors (Lipinski definition) is 3. The molecule has 1 amide bonds. The number of tetrazole rings is 1. The predicted molar refractivity (Wildman–Crippen MR) is 52.0 cm³/mol. The molecule has 17 heavy (non-hydrogen) atoms. The van der Waals surface area contributed by atoms with E-state index in [-0.39, 0.29) is 12.4 Å². The molecule has 0 aliphatic carbocycles. The third kappa shape index (κ3) is 2.62. The Kier molecular flexibility index (Phi) is 2.77. The quantitative estimate of drug-likeness (QED) is 0.602. The van der Waals surface area contributed by atoms with Crippen molar-refractivity contribution in [2.75, 3.05) is 5.32 Å². The Morgan fingerprint density at radius 3 is 3.00 bits per heavy atom. The molecule has 2 heterocycles. The summed E-state index contributed by atoms with van der Waals surface area (Å²) in [5.74, 6) is -1.70. The molecule has 0 spiro atoms. The van der Waals surface area contributed by atoms with Crippen LogP contribution in [0.15, 0.2) is 12.4 Å². The lowest BCUT2D eigenvalue weighted by atomic mass is 10.5. The first-order valence-corrected chi connectivity index (χ1v) is 4.44. The van der Waals surface area contributed by atoms with Gasteiger partial charge in [0, 0.05) is 6.20 Å². The molecule has 0 bridgehead atoms. The van der Waals surface area contributed by atoms with E-state index < -0.39 is 11.9 Å². The summed E-state index contributed by atoms with van der Waals surface area (Å²) in [6.07, 6.45) is 2.70. The van der Waals surface area contributed by atoms with Crippen molar-refractivity contribution < 1.29 is 14.7 Å². The van der Waals surface area contributed by atoms with E-state index in [2.05, 4.69) is 31.0 Å². The van der Waals surface area contributed by atoms with E-state index >= 15 is 0 Å². The second-order valence-corrected chi connectivity index (χ2v) is 3.01. The van der Waals surface area contributed by atoms with Crippen LogP contribution in [0.2, 0.25) is 0 Å². The highest BCUT2D eigenvalue weighted by atomic mass is 16.4. The maximum absolute atomic E-state index is 11.5. The van der Waals surface area contributed by atoms with Gasteiger partial charge in [0.05, 0.1) is 11.9 Å². The van der Waals surface area contributed by atoms with Crippen LogP contribution in [-0.2, 0) is 11.3 Å². The number of carbonyl (C=O) groups excluding carboxylic acids is 1. The normalized spacial score (nSPS) is 10.1. The van der Waals surface area contributed by atoms with Crippen molar-refractivity contribution in [3.8, 4) is 0 Å². The highest BCUT2D eigenvalue weighted by Gasteiger charge is 2.12. The number of amides is 1. The fraction of sp³-hybridized carbons (Fsp3) is 0.143. The lowest BCUT2D eigenvalue weighted by Crippen LogP contribution is -2.13. The molecule has 10 nitrogen and oxygen atoms in total. The first-order chi connectivity index (χ1) is 8.15. The summed E-state index contributed by atoms with van der Waals surface area (Å²) in [6.45, 7) is -0.280. The number of anilines is 1. The molecule has 0 aliphatic rings. The Balaban J connectivity index is 2.02. The van der Waals surface area contributed by atoms with Crippen LogP contribution in [0.3, 0.4) is 0 Å². The molecule has 2 aromatic rings. The molecule has 2 rings (SSSR count). The molecule has 88 valence electrons. The van der Waals surface area contributed by atoms with E-state index in [4.69, 9.17) is 5.11 Å². The second kappa shape index (κ2) is 4.38. The lowest BCUT2D eigenvalue weighted by molar-refractivity contribution is -0.137. The van der Waals surface area contributed by atoms with E-state index in [0.717, 1.165) is 0 Å². The van der Waals surface area contributed by atoms with Crippen molar-refractivity contribution in [1.82, 2.24) is 30.4 Å². The van der Waals surface area contributed by atoms with E-state index in [0.29, 0.717) is 5.69 Å². The topological polar surface area (TPSA) is 139 Å². The number of carboxylic acid groups (broad SMARTS) is 1. The standard InChI is InChI=1S/C7H7N7O3/c15-5(16)3-14-2-4(1-8-14)9-7(17)6-10-12-13-11-6/h1-2H,3H2,(H,9,17)(H,15,16)(H,10,11,12,13). The summed E-state index contributed by atoms with van der Waals surface area (Å²) in [7, 11) is 0. The number of nitrogens with one attached hydrogen (secondary N) is 2. The summed E-state index contributed by atoms with van der Waals surface area (Å²) >= 11 is 0. The molecule has 0 atom stereocenters. The molecule has 0 aromatic carbocycles. The van der Waals surface area contributed by atoms with E-state index in [1.807, 2.05) is 0 Å². The van der Waals surface area contributed by atoms with Crippen LogP contribution in [0.25, 0.3) is 0 Å². The molecular weight excluding hydrogens is 230 g/mol. The third-order valence-corrected chi connectivity index (χ3v) is 1.74. The van der Waals surface area contributed by atoms with E-state index in [1.54, 1.807) is 0 Å². The van der Waals surface area contributed by atoms with Gasteiger partial charge in [-0.2, -0.15) is 10.3 Å². The number of H-pyrrole nitrogens is 1. The highest BCUT2D eigenvalue weighted by Crippen LogP contribution is 2.05. The highest BCUT2D eigenvalue weighted by molar-refractivity contribution is 6.01. The first-order valence-electron chi connectivity index (χ1n) is 4.44. The number of carbonyl (C=O) groups is 2. The maximum atomic E-state index is 11.5. The van der Waals surface area contributed by atoms with E-state index in [9.17, 15) is 9.59 Å². The Hall–Kier alpha value is -2.78. The molecule has 10 heteroatoms. The monoisotopic (exact) mass is 237 g/mol. The van der Waals surface area contributed by atoms with Gasteiger partial charge in [0.25, 0.3) is 11.7 Å². The van der Waals surface area contributed by atoms with Crippen LogP contribution < -0.4 is 5.32 Å². The molecule has 0 fully saturated rings. The Morgan fingerprint density at radius 1 is 1.53 bits per heavy atom. The summed E-state index contributed by atoms with van der Waals surface area (Å²) in [4.78, 5) is 21.9. The van der Waals surface area contributed by atoms with Crippen LogP contribution in [0.1, 0.15) is 10.6 Å². The fourth-order valence-electron chi connectivity index (χ4n) is 1.10. The predicted octanol–water partition coefficient (Wildman–Crippen LogP) is -1.27. The van der Waals surface area contributed by atoms with Gasteiger partial charge in [-0.3, -0.25) is 14.3 Å². The molecule has 0 saturated heterocycles. The zero-order valence-corrected chi connectivity index (χ0v) is 8.36. The number of aromatic amines is 1. The van der Waals surface area contributed by atoms with Crippen molar-refractivity contribution in [2.45, 2.75) is 6.54 Å². The van der Waals surface area contributed by atoms with Crippen LogP contribution in [0, 0.1) is 0 Å². The largest absolute Gasteiger partial charge is 0.480 e.